The van der Waals surface area contributed by atoms with Crippen LogP contribution in [0.1, 0.15) is 39.2 Å². The molecule has 120 valence electrons. The summed E-state index contributed by atoms with van der Waals surface area (Å²) < 4.78 is 12.3. The van der Waals surface area contributed by atoms with Gasteiger partial charge in [0.2, 0.25) is 0 Å². The highest BCUT2D eigenvalue weighted by molar-refractivity contribution is 9.10. The third-order valence-electron chi connectivity index (χ3n) is 3.02. The molecule has 1 rings (SSSR count). The quantitative estimate of drug-likeness (QED) is 0.595. The average Bonchev–Trinajstić information content (AvgIpc) is 2.45. The molecule has 0 aliphatic heterocycles. The number of benzene rings is 1. The maximum Gasteiger partial charge on any atom is 0.119 e. The Labute approximate surface area is 137 Å². The Kier molecular flexibility index (Phi) is 9.72. The highest BCUT2D eigenvalue weighted by atomic mass is 79.9. The predicted octanol–water partition coefficient (Wildman–Crippen LogP) is 4.39. The lowest BCUT2D eigenvalue weighted by Gasteiger charge is -2.12. The summed E-state index contributed by atoms with van der Waals surface area (Å²) in [6.07, 6.45) is 2.28. The molecule has 0 radical (unpaired) electrons. The Morgan fingerprint density at radius 1 is 1.19 bits per heavy atom. The van der Waals surface area contributed by atoms with Crippen molar-refractivity contribution >= 4 is 15.9 Å². The van der Waals surface area contributed by atoms with Crippen molar-refractivity contribution in [3.63, 3.8) is 0 Å². The standard InChI is InChI=1S/C17H28BrNO2/c1-4-5-8-20-9-10-21-16-6-7-17(18)15(11-16)13-19-12-14(2)3/h6-7,11,14,19H,4-5,8-10,12-13H2,1-3H3. The summed E-state index contributed by atoms with van der Waals surface area (Å²) in [6.45, 7) is 10.5. The molecule has 0 saturated carbocycles. The Bertz CT molecular complexity index is 396. The Hall–Kier alpha value is -0.580. The fourth-order valence-electron chi connectivity index (χ4n) is 1.84. The lowest BCUT2D eigenvalue weighted by Crippen LogP contribution is -2.19. The van der Waals surface area contributed by atoms with Crippen LogP contribution in [0.5, 0.6) is 5.75 Å². The molecule has 1 aromatic carbocycles. The maximum atomic E-state index is 5.74. The van der Waals surface area contributed by atoms with E-state index in [1.165, 1.54) is 12.0 Å². The number of nitrogens with one attached hydrogen (secondary N) is 1. The maximum absolute atomic E-state index is 5.74. The fraction of sp³-hybridized carbons (Fsp3) is 0.647. The second kappa shape index (κ2) is 11.0. The third kappa shape index (κ3) is 8.44. The van der Waals surface area contributed by atoms with Crippen LogP contribution >= 0.6 is 15.9 Å². The molecule has 21 heavy (non-hydrogen) atoms. The van der Waals surface area contributed by atoms with Crippen LogP contribution in [-0.2, 0) is 11.3 Å². The molecule has 3 nitrogen and oxygen atoms in total. The van der Waals surface area contributed by atoms with Crippen LogP contribution in [0.4, 0.5) is 0 Å². The van der Waals surface area contributed by atoms with Crippen molar-refractivity contribution in [2.24, 2.45) is 5.92 Å². The second-order valence-corrected chi connectivity index (χ2v) is 6.45. The lowest BCUT2D eigenvalue weighted by molar-refractivity contribution is 0.0980. The molecule has 0 unspecified atom stereocenters. The van der Waals surface area contributed by atoms with Gasteiger partial charge in [0, 0.05) is 17.6 Å². The van der Waals surface area contributed by atoms with Gasteiger partial charge in [-0.25, -0.2) is 0 Å². The van der Waals surface area contributed by atoms with Gasteiger partial charge in [-0.3, -0.25) is 0 Å². The predicted molar refractivity (Wildman–Crippen MR) is 91.9 cm³/mol. The molecule has 0 aliphatic rings. The molecular weight excluding hydrogens is 330 g/mol. The molecular formula is C17H28BrNO2. The molecule has 0 atom stereocenters. The van der Waals surface area contributed by atoms with E-state index in [-0.39, 0.29) is 0 Å². The van der Waals surface area contributed by atoms with Gasteiger partial charge < -0.3 is 14.8 Å². The van der Waals surface area contributed by atoms with Crippen LogP contribution < -0.4 is 10.1 Å². The lowest BCUT2D eigenvalue weighted by atomic mass is 10.2. The van der Waals surface area contributed by atoms with Gasteiger partial charge in [-0.1, -0.05) is 43.1 Å². The van der Waals surface area contributed by atoms with Gasteiger partial charge in [0.05, 0.1) is 6.61 Å². The summed E-state index contributed by atoms with van der Waals surface area (Å²) in [4.78, 5) is 0. The first-order valence-electron chi connectivity index (χ1n) is 7.83. The average molecular weight is 358 g/mol. The normalized spacial score (nSPS) is 11.1. The number of rotatable bonds is 11. The Morgan fingerprint density at radius 3 is 2.71 bits per heavy atom. The molecule has 0 aliphatic carbocycles. The third-order valence-corrected chi connectivity index (χ3v) is 3.80. The number of halogens is 1. The molecule has 0 amide bonds. The van der Waals surface area contributed by atoms with Crippen molar-refractivity contribution < 1.29 is 9.47 Å². The van der Waals surface area contributed by atoms with Crippen molar-refractivity contribution in [2.45, 2.75) is 40.2 Å². The molecule has 1 aromatic rings. The molecule has 0 spiro atoms. The van der Waals surface area contributed by atoms with E-state index >= 15 is 0 Å². The molecule has 4 heteroatoms. The van der Waals surface area contributed by atoms with Crippen molar-refractivity contribution in [3.8, 4) is 5.75 Å². The summed E-state index contributed by atoms with van der Waals surface area (Å²) in [7, 11) is 0. The van der Waals surface area contributed by atoms with E-state index in [0.29, 0.717) is 19.1 Å². The zero-order chi connectivity index (χ0) is 15.5. The number of hydrogen-bond donors (Lipinski definition) is 1. The van der Waals surface area contributed by atoms with Crippen LogP contribution in [0.15, 0.2) is 22.7 Å². The Morgan fingerprint density at radius 2 is 2.00 bits per heavy atom. The van der Waals surface area contributed by atoms with Crippen LogP contribution in [0, 0.1) is 5.92 Å². The highest BCUT2D eigenvalue weighted by Crippen LogP contribution is 2.22. The zero-order valence-electron chi connectivity index (χ0n) is 13.5. The number of hydrogen-bond acceptors (Lipinski definition) is 3. The van der Waals surface area contributed by atoms with E-state index in [1.807, 2.05) is 12.1 Å². The van der Waals surface area contributed by atoms with E-state index in [2.05, 4.69) is 48.1 Å². The van der Waals surface area contributed by atoms with Gasteiger partial charge in [0.15, 0.2) is 0 Å². The molecule has 0 bridgehead atoms. The van der Waals surface area contributed by atoms with E-state index in [4.69, 9.17) is 9.47 Å². The van der Waals surface area contributed by atoms with E-state index < -0.39 is 0 Å². The van der Waals surface area contributed by atoms with Crippen molar-refractivity contribution in [1.82, 2.24) is 5.32 Å². The first-order valence-corrected chi connectivity index (χ1v) is 8.62. The second-order valence-electron chi connectivity index (χ2n) is 5.59. The van der Waals surface area contributed by atoms with Crippen LogP contribution in [0.25, 0.3) is 0 Å². The fourth-order valence-corrected chi connectivity index (χ4v) is 2.23. The van der Waals surface area contributed by atoms with E-state index in [1.54, 1.807) is 0 Å². The Balaban J connectivity index is 2.34. The van der Waals surface area contributed by atoms with Gasteiger partial charge in [-0.2, -0.15) is 0 Å². The van der Waals surface area contributed by atoms with Gasteiger partial charge in [-0.05, 0) is 42.6 Å². The first-order chi connectivity index (χ1) is 10.1. The minimum atomic E-state index is 0.601. The van der Waals surface area contributed by atoms with Crippen LogP contribution in [0.3, 0.4) is 0 Å². The molecule has 0 aromatic heterocycles. The van der Waals surface area contributed by atoms with Gasteiger partial charge >= 0.3 is 0 Å². The van der Waals surface area contributed by atoms with Crippen molar-refractivity contribution in [1.29, 1.82) is 0 Å². The van der Waals surface area contributed by atoms with Crippen LogP contribution in [0.2, 0.25) is 0 Å². The summed E-state index contributed by atoms with van der Waals surface area (Å²) in [5, 5.41) is 3.45. The minimum Gasteiger partial charge on any atom is -0.491 e. The largest absolute Gasteiger partial charge is 0.491 e. The topological polar surface area (TPSA) is 30.5 Å². The van der Waals surface area contributed by atoms with Crippen molar-refractivity contribution in [3.05, 3.63) is 28.2 Å². The number of unbranched alkanes of at least 4 members (excludes halogenated alkanes) is 1. The number of ether oxygens (including phenoxy) is 2. The molecule has 1 N–H and O–H groups in total. The summed E-state index contributed by atoms with van der Waals surface area (Å²) >= 11 is 3.59. The van der Waals surface area contributed by atoms with E-state index in [9.17, 15) is 0 Å². The zero-order valence-corrected chi connectivity index (χ0v) is 15.0. The smallest absolute Gasteiger partial charge is 0.119 e. The summed E-state index contributed by atoms with van der Waals surface area (Å²) in [5.74, 6) is 1.56. The van der Waals surface area contributed by atoms with E-state index in [0.717, 1.165) is 36.3 Å². The summed E-state index contributed by atoms with van der Waals surface area (Å²) in [5.41, 5.74) is 1.22. The summed E-state index contributed by atoms with van der Waals surface area (Å²) in [6, 6.07) is 6.12. The molecule has 0 saturated heterocycles. The molecule has 0 heterocycles. The van der Waals surface area contributed by atoms with Crippen LogP contribution in [-0.4, -0.2) is 26.4 Å². The molecule has 0 fully saturated rings. The SMILES string of the molecule is CCCCOCCOc1ccc(Br)c(CNCC(C)C)c1. The van der Waals surface area contributed by atoms with Gasteiger partial charge in [0.1, 0.15) is 12.4 Å². The van der Waals surface area contributed by atoms with Gasteiger partial charge in [0.25, 0.3) is 0 Å². The highest BCUT2D eigenvalue weighted by Gasteiger charge is 2.03. The first kappa shape index (κ1) is 18.5. The van der Waals surface area contributed by atoms with Crippen molar-refractivity contribution in [2.75, 3.05) is 26.4 Å². The monoisotopic (exact) mass is 357 g/mol. The van der Waals surface area contributed by atoms with Gasteiger partial charge in [-0.15, -0.1) is 0 Å². The minimum absolute atomic E-state index is 0.601.